The van der Waals surface area contributed by atoms with E-state index in [1.54, 1.807) is 14.0 Å². The van der Waals surface area contributed by atoms with Crippen molar-refractivity contribution in [2.24, 2.45) is 0 Å². The van der Waals surface area contributed by atoms with Gasteiger partial charge in [0.15, 0.2) is 11.8 Å². The number of rotatable bonds is 0. The van der Waals surface area contributed by atoms with E-state index in [2.05, 4.69) is 5.32 Å². The minimum Gasteiger partial charge on any atom is -0.336 e. The maximum absolute atomic E-state index is 11.0. The molecule has 0 aromatic carbocycles. The quantitative estimate of drug-likeness (QED) is 0.473. The summed E-state index contributed by atoms with van der Waals surface area (Å²) in [6.07, 6.45) is -0.233. The number of ether oxygens (including phenoxy) is 1. The van der Waals surface area contributed by atoms with Crippen molar-refractivity contribution in [3.8, 4) is 0 Å². The van der Waals surface area contributed by atoms with Crippen LogP contribution in [0, 0.1) is 5.41 Å². The lowest BCUT2D eigenvalue weighted by Gasteiger charge is -2.23. The van der Waals surface area contributed by atoms with Gasteiger partial charge in [-0.25, -0.2) is 4.79 Å². The molecule has 0 aromatic heterocycles. The van der Waals surface area contributed by atoms with E-state index in [-0.39, 0.29) is 18.1 Å². The largest absolute Gasteiger partial charge is 0.336 e. The summed E-state index contributed by atoms with van der Waals surface area (Å²) in [5, 5.41) is 9.78. The number of nitrogens with zero attached hydrogens (tertiary/aromatic N) is 1. The Balaban J connectivity index is 2.28. The van der Waals surface area contributed by atoms with E-state index in [0.717, 1.165) is 0 Å². The zero-order valence-electron chi connectivity index (χ0n) is 6.34. The first-order valence-electron chi connectivity index (χ1n) is 3.36. The fraction of sp³-hybridized carbons (Fsp3) is 0.667. The number of fused-ring (bicyclic) bond motifs is 1. The predicted molar refractivity (Wildman–Crippen MR) is 37.3 cm³/mol. The van der Waals surface area contributed by atoms with Crippen LogP contribution in [0.5, 0.6) is 0 Å². The van der Waals surface area contributed by atoms with Crippen LogP contribution in [-0.4, -0.2) is 35.6 Å². The number of nitrogens with one attached hydrogen (secondary N) is 2. The lowest BCUT2D eigenvalue weighted by molar-refractivity contribution is 0.188. The monoisotopic (exact) mass is 155 g/mol. The van der Waals surface area contributed by atoms with Gasteiger partial charge in [0.05, 0.1) is 0 Å². The maximum atomic E-state index is 11.0. The Morgan fingerprint density at radius 1 is 1.82 bits per heavy atom. The summed E-state index contributed by atoms with van der Waals surface area (Å²) in [6.45, 7) is 1.79. The fourth-order valence-corrected chi connectivity index (χ4v) is 1.25. The molecule has 2 fully saturated rings. The number of hydrogen-bond donors (Lipinski definition) is 2. The number of amidine groups is 1. The van der Waals surface area contributed by atoms with Crippen LogP contribution in [0.1, 0.15) is 6.92 Å². The molecular formula is C6H9N3O2. The van der Waals surface area contributed by atoms with Crippen molar-refractivity contribution in [1.82, 2.24) is 10.2 Å². The summed E-state index contributed by atoms with van der Waals surface area (Å²) in [5.74, 6) is 0.158. The number of amides is 2. The van der Waals surface area contributed by atoms with Crippen LogP contribution in [0.2, 0.25) is 0 Å². The Morgan fingerprint density at radius 3 is 3.09 bits per heavy atom. The molecule has 0 spiro atoms. The molecule has 0 aromatic rings. The number of carbonyl (C=O) groups is 1. The summed E-state index contributed by atoms with van der Waals surface area (Å²) in [6, 6.07) is -0.269. The molecule has 5 nitrogen and oxygen atoms in total. The first-order valence-corrected chi connectivity index (χ1v) is 3.36. The highest BCUT2D eigenvalue weighted by molar-refractivity contribution is 6.05. The van der Waals surface area contributed by atoms with Crippen molar-refractivity contribution in [3.05, 3.63) is 0 Å². The summed E-state index contributed by atoms with van der Waals surface area (Å²) in [4.78, 5) is 12.4. The van der Waals surface area contributed by atoms with Crippen molar-refractivity contribution in [2.45, 2.75) is 18.8 Å². The lowest BCUT2D eigenvalue weighted by atomic mass is 10.1. The molecule has 60 valence electrons. The molecule has 11 heavy (non-hydrogen) atoms. The first-order chi connectivity index (χ1) is 5.05. The van der Waals surface area contributed by atoms with Crippen LogP contribution in [0.3, 0.4) is 0 Å². The second-order valence-corrected chi connectivity index (χ2v) is 2.99. The molecule has 0 radical (unpaired) electrons. The second kappa shape index (κ2) is 1.55. The number of carbonyl (C=O) groups excluding carboxylic acids is 1. The van der Waals surface area contributed by atoms with E-state index < -0.39 is 5.60 Å². The van der Waals surface area contributed by atoms with Gasteiger partial charge >= 0.3 is 6.03 Å². The summed E-state index contributed by atoms with van der Waals surface area (Å²) in [5.41, 5.74) is -0.567. The van der Waals surface area contributed by atoms with Gasteiger partial charge in [-0.05, 0) is 6.92 Å². The zero-order valence-corrected chi connectivity index (χ0v) is 6.34. The van der Waals surface area contributed by atoms with E-state index >= 15 is 0 Å². The Bertz CT molecular complexity index is 252. The Labute approximate surface area is 63.8 Å². The Kier molecular flexibility index (Phi) is 0.933. The average molecular weight is 155 g/mol. The van der Waals surface area contributed by atoms with E-state index in [9.17, 15) is 4.79 Å². The first kappa shape index (κ1) is 6.60. The van der Waals surface area contributed by atoms with E-state index in [4.69, 9.17) is 10.1 Å². The van der Waals surface area contributed by atoms with Crippen LogP contribution in [0.15, 0.2) is 0 Å². The van der Waals surface area contributed by atoms with Crippen molar-refractivity contribution in [2.75, 3.05) is 7.05 Å². The number of hydrogen-bond acceptors (Lipinski definition) is 3. The minimum atomic E-state index is -0.567. The second-order valence-electron chi connectivity index (χ2n) is 2.99. The molecule has 2 unspecified atom stereocenters. The normalized spacial score (nSPS) is 41.6. The van der Waals surface area contributed by atoms with Gasteiger partial charge in [-0.15, -0.1) is 0 Å². The molecule has 0 aliphatic carbocycles. The molecule has 0 saturated carbocycles. The molecule has 5 heteroatoms. The standard InChI is InChI=1S/C6H9N3O2/c1-6-3(7)8-5(10)9(2)4(6)11-6/h4H,1-2H3,(H2,7,8,10). The summed E-state index contributed by atoms with van der Waals surface area (Å²) < 4.78 is 5.18. The van der Waals surface area contributed by atoms with Crippen molar-refractivity contribution < 1.29 is 9.53 Å². The van der Waals surface area contributed by atoms with Crippen LogP contribution in [0.4, 0.5) is 4.79 Å². The zero-order chi connectivity index (χ0) is 8.22. The topological polar surface area (TPSA) is 68.7 Å². The highest BCUT2D eigenvalue weighted by Gasteiger charge is 2.63. The Morgan fingerprint density at radius 2 is 2.45 bits per heavy atom. The van der Waals surface area contributed by atoms with Crippen LogP contribution >= 0.6 is 0 Å². The molecule has 2 rings (SSSR count). The molecule has 2 aliphatic rings. The molecular weight excluding hydrogens is 146 g/mol. The molecule has 2 aliphatic heterocycles. The fourth-order valence-electron chi connectivity index (χ4n) is 1.25. The van der Waals surface area contributed by atoms with E-state index in [1.165, 1.54) is 4.90 Å². The predicted octanol–water partition coefficient (Wildman–Crippen LogP) is -0.266. The molecule has 2 saturated heterocycles. The smallest absolute Gasteiger partial charge is 0.324 e. The average Bonchev–Trinajstić information content (AvgIpc) is 2.60. The molecule has 2 amide bonds. The van der Waals surface area contributed by atoms with Crippen LogP contribution in [0.25, 0.3) is 0 Å². The maximum Gasteiger partial charge on any atom is 0.324 e. The third-order valence-electron chi connectivity index (χ3n) is 2.17. The van der Waals surface area contributed by atoms with Crippen molar-refractivity contribution >= 4 is 11.9 Å². The van der Waals surface area contributed by atoms with Crippen LogP contribution in [-0.2, 0) is 4.74 Å². The summed E-state index contributed by atoms with van der Waals surface area (Å²) in [7, 11) is 1.65. The third kappa shape index (κ3) is 0.632. The van der Waals surface area contributed by atoms with Crippen LogP contribution < -0.4 is 5.32 Å². The number of urea groups is 1. The van der Waals surface area contributed by atoms with Gasteiger partial charge in [-0.2, -0.15) is 0 Å². The Hall–Kier alpha value is -1.10. The van der Waals surface area contributed by atoms with Gasteiger partial charge in [-0.3, -0.25) is 15.6 Å². The third-order valence-corrected chi connectivity index (χ3v) is 2.17. The minimum absolute atomic E-state index is 0.158. The van der Waals surface area contributed by atoms with Gasteiger partial charge < -0.3 is 4.74 Å². The SMILES string of the molecule is CN1C(=O)NC(=N)C2(C)OC12. The highest BCUT2D eigenvalue weighted by Crippen LogP contribution is 2.40. The molecule has 2 heterocycles. The van der Waals surface area contributed by atoms with Crippen molar-refractivity contribution in [1.29, 1.82) is 5.41 Å². The highest BCUT2D eigenvalue weighted by atomic mass is 16.6. The number of epoxide rings is 1. The van der Waals surface area contributed by atoms with E-state index in [1.807, 2.05) is 0 Å². The van der Waals surface area contributed by atoms with Gasteiger partial charge in [-0.1, -0.05) is 0 Å². The van der Waals surface area contributed by atoms with Crippen molar-refractivity contribution in [3.63, 3.8) is 0 Å². The number of likely N-dealkylation sites (N-methyl/N-ethyl adjacent to an activating group) is 1. The van der Waals surface area contributed by atoms with Gasteiger partial charge in [0.25, 0.3) is 0 Å². The van der Waals surface area contributed by atoms with Gasteiger partial charge in [0, 0.05) is 7.05 Å². The molecule has 0 bridgehead atoms. The van der Waals surface area contributed by atoms with Gasteiger partial charge in [0.2, 0.25) is 0 Å². The van der Waals surface area contributed by atoms with E-state index in [0.29, 0.717) is 0 Å². The summed E-state index contributed by atoms with van der Waals surface area (Å²) >= 11 is 0. The molecule has 2 atom stereocenters. The lowest BCUT2D eigenvalue weighted by Crippen LogP contribution is -2.54. The molecule has 2 N–H and O–H groups in total. The van der Waals surface area contributed by atoms with Gasteiger partial charge in [0.1, 0.15) is 5.84 Å².